The van der Waals surface area contributed by atoms with Gasteiger partial charge in [0.2, 0.25) is 0 Å². The zero-order valence-electron chi connectivity index (χ0n) is 10.7. The van der Waals surface area contributed by atoms with Gasteiger partial charge in [0.25, 0.3) is 0 Å². The Kier molecular flexibility index (Phi) is 5.34. The maximum Gasteiger partial charge on any atom is 0.185 e. The van der Waals surface area contributed by atoms with Crippen LogP contribution in [0.25, 0.3) is 0 Å². The second-order valence-corrected chi connectivity index (χ2v) is 4.73. The Morgan fingerprint density at radius 1 is 1.20 bits per heavy atom. The van der Waals surface area contributed by atoms with Crippen LogP contribution in [-0.4, -0.2) is 0 Å². The Morgan fingerprint density at radius 2 is 1.67 bits per heavy atom. The summed E-state index contributed by atoms with van der Waals surface area (Å²) in [6.07, 6.45) is 1.25. The third kappa shape index (κ3) is 5.40. The fourth-order valence-corrected chi connectivity index (χ4v) is 0.973. The third-order valence-electron chi connectivity index (χ3n) is 1.63. The molecule has 0 fully saturated rings. The molecule has 0 saturated heterocycles. The van der Waals surface area contributed by atoms with Crippen LogP contribution in [0.2, 0.25) is 0 Å². The van der Waals surface area contributed by atoms with Gasteiger partial charge in [-0.2, -0.15) is 0 Å². The molecule has 0 spiro atoms. The van der Waals surface area contributed by atoms with Crippen molar-refractivity contribution in [1.29, 1.82) is 0 Å². The van der Waals surface area contributed by atoms with Crippen molar-refractivity contribution in [1.82, 2.24) is 0 Å². The van der Waals surface area contributed by atoms with Gasteiger partial charge in [0, 0.05) is 17.5 Å². The van der Waals surface area contributed by atoms with Gasteiger partial charge in [0.05, 0.1) is 0 Å². The molecular formula is C13H22O2. The van der Waals surface area contributed by atoms with Gasteiger partial charge in [-0.1, -0.05) is 41.0 Å². The topological polar surface area (TPSA) is 30.2 Å². The second kappa shape index (κ2) is 5.74. The van der Waals surface area contributed by atoms with Crippen molar-refractivity contribution >= 4 is 0 Å². The lowest BCUT2D eigenvalue weighted by molar-refractivity contribution is 0.380. The second-order valence-electron chi connectivity index (χ2n) is 4.73. The smallest absolute Gasteiger partial charge is 0.185 e. The molecule has 0 atom stereocenters. The molecule has 1 aromatic rings. The van der Waals surface area contributed by atoms with Crippen molar-refractivity contribution in [3.8, 4) is 0 Å². The van der Waals surface area contributed by atoms with Crippen LogP contribution in [0.1, 0.15) is 52.6 Å². The molecule has 0 aromatic carbocycles. The number of hydrogen-bond donors (Lipinski definition) is 0. The average molecular weight is 210 g/mol. The molecule has 0 radical (unpaired) electrons. The highest BCUT2D eigenvalue weighted by atomic mass is 16.3. The largest absolute Gasteiger partial charge is 0.466 e. The molecule has 1 heterocycles. The van der Waals surface area contributed by atoms with Crippen molar-refractivity contribution < 1.29 is 4.42 Å². The van der Waals surface area contributed by atoms with Crippen LogP contribution >= 0.6 is 0 Å². The van der Waals surface area contributed by atoms with Crippen molar-refractivity contribution in [2.24, 2.45) is 0 Å². The minimum atomic E-state index is -0.0921. The first-order valence-electron chi connectivity index (χ1n) is 5.43. The predicted molar refractivity (Wildman–Crippen MR) is 64.4 cm³/mol. The summed E-state index contributed by atoms with van der Waals surface area (Å²) in [5, 5.41) is 0. The van der Waals surface area contributed by atoms with Gasteiger partial charge in [-0.3, -0.25) is 4.79 Å². The molecule has 2 heteroatoms. The summed E-state index contributed by atoms with van der Waals surface area (Å²) < 4.78 is 5.42. The Hall–Kier alpha value is -1.05. The normalized spacial score (nSPS) is 10.5. The van der Waals surface area contributed by atoms with E-state index in [2.05, 4.69) is 13.8 Å². The van der Waals surface area contributed by atoms with Gasteiger partial charge in [-0.05, 0) is 6.92 Å². The van der Waals surface area contributed by atoms with E-state index in [1.165, 1.54) is 12.5 Å². The molecule has 0 aliphatic heterocycles. The van der Waals surface area contributed by atoms with E-state index in [0.29, 0.717) is 5.76 Å². The van der Waals surface area contributed by atoms with E-state index >= 15 is 0 Å². The summed E-state index contributed by atoms with van der Waals surface area (Å²) in [6, 6.07) is 3.04. The maximum atomic E-state index is 11.1. The van der Waals surface area contributed by atoms with Crippen LogP contribution in [-0.2, 0) is 5.41 Å². The van der Waals surface area contributed by atoms with E-state index in [1.54, 1.807) is 13.0 Å². The summed E-state index contributed by atoms with van der Waals surface area (Å²) >= 11 is 0. The molecule has 0 unspecified atom stereocenters. The molecule has 0 bridgehead atoms. The molecule has 1 rings (SSSR count). The van der Waals surface area contributed by atoms with E-state index in [-0.39, 0.29) is 10.8 Å². The summed E-state index contributed by atoms with van der Waals surface area (Å²) in [4.78, 5) is 11.1. The quantitative estimate of drug-likeness (QED) is 0.654. The Balaban J connectivity index is 0.000000583. The van der Waals surface area contributed by atoms with Crippen LogP contribution in [0.3, 0.4) is 0 Å². The molecule has 86 valence electrons. The van der Waals surface area contributed by atoms with Crippen molar-refractivity contribution in [3.05, 3.63) is 33.9 Å². The van der Waals surface area contributed by atoms with Gasteiger partial charge in [0.15, 0.2) is 5.43 Å². The lowest BCUT2D eigenvalue weighted by Crippen LogP contribution is -2.14. The summed E-state index contributed by atoms with van der Waals surface area (Å²) in [6.45, 7) is 12.1. The van der Waals surface area contributed by atoms with Crippen molar-refractivity contribution in [3.63, 3.8) is 0 Å². The average Bonchev–Trinajstić information content (AvgIpc) is 2.01. The summed E-state index contributed by atoms with van der Waals surface area (Å²) in [7, 11) is 0. The van der Waals surface area contributed by atoms with Crippen molar-refractivity contribution in [2.75, 3.05) is 0 Å². The fourth-order valence-electron chi connectivity index (χ4n) is 0.973. The van der Waals surface area contributed by atoms with Gasteiger partial charge in [0.1, 0.15) is 11.5 Å². The number of hydrogen-bond acceptors (Lipinski definition) is 2. The van der Waals surface area contributed by atoms with Gasteiger partial charge >= 0.3 is 0 Å². The van der Waals surface area contributed by atoms with Crippen LogP contribution in [0.4, 0.5) is 0 Å². The zero-order valence-corrected chi connectivity index (χ0v) is 10.7. The van der Waals surface area contributed by atoms with E-state index in [4.69, 9.17) is 4.42 Å². The Bertz CT molecular complexity index is 342. The predicted octanol–water partition coefficient (Wildman–Crippen LogP) is 3.66. The highest BCUT2D eigenvalue weighted by molar-refractivity contribution is 5.12. The highest BCUT2D eigenvalue weighted by Crippen LogP contribution is 2.20. The lowest BCUT2D eigenvalue weighted by Gasteiger charge is -2.16. The minimum absolute atomic E-state index is 0.0173. The SMILES string of the molecule is CCC.Cc1cc(=O)cc(C(C)(C)C)o1. The number of aryl methyl sites for hydroxylation is 1. The van der Waals surface area contributed by atoms with Crippen LogP contribution < -0.4 is 5.43 Å². The molecular weight excluding hydrogens is 188 g/mol. The van der Waals surface area contributed by atoms with Crippen LogP contribution in [0.5, 0.6) is 0 Å². The fraction of sp³-hybridized carbons (Fsp3) is 0.615. The Morgan fingerprint density at radius 3 is 2.00 bits per heavy atom. The zero-order chi connectivity index (χ0) is 12.1. The summed E-state index contributed by atoms with van der Waals surface area (Å²) in [5.74, 6) is 1.42. The van der Waals surface area contributed by atoms with Crippen LogP contribution in [0.15, 0.2) is 21.3 Å². The monoisotopic (exact) mass is 210 g/mol. The molecule has 15 heavy (non-hydrogen) atoms. The Labute approximate surface area is 92.3 Å². The first-order valence-corrected chi connectivity index (χ1v) is 5.43. The minimum Gasteiger partial charge on any atom is -0.466 e. The molecule has 0 N–H and O–H groups in total. The number of rotatable bonds is 0. The third-order valence-corrected chi connectivity index (χ3v) is 1.63. The first kappa shape index (κ1) is 13.9. The highest BCUT2D eigenvalue weighted by Gasteiger charge is 2.17. The van der Waals surface area contributed by atoms with Gasteiger partial charge < -0.3 is 4.42 Å². The molecule has 2 nitrogen and oxygen atoms in total. The van der Waals surface area contributed by atoms with E-state index in [9.17, 15) is 4.79 Å². The molecule has 0 amide bonds. The molecule has 0 aliphatic rings. The van der Waals surface area contributed by atoms with Gasteiger partial charge in [-0.15, -0.1) is 0 Å². The molecule has 0 saturated carbocycles. The lowest BCUT2D eigenvalue weighted by atomic mass is 9.93. The first-order chi connectivity index (χ1) is 6.81. The van der Waals surface area contributed by atoms with Gasteiger partial charge in [-0.25, -0.2) is 0 Å². The molecule has 0 aliphatic carbocycles. The summed E-state index contributed by atoms with van der Waals surface area (Å²) in [5.41, 5.74) is -0.0748. The maximum absolute atomic E-state index is 11.1. The molecule has 1 aromatic heterocycles. The van der Waals surface area contributed by atoms with Crippen LogP contribution in [0, 0.1) is 6.92 Å². The standard InChI is InChI=1S/C10H14O2.C3H8/c1-7-5-8(11)6-9(12-7)10(2,3)4;1-3-2/h5-6H,1-4H3;3H2,1-2H3. The van der Waals surface area contributed by atoms with E-state index < -0.39 is 0 Å². The van der Waals surface area contributed by atoms with Crippen molar-refractivity contribution in [2.45, 2.75) is 53.4 Å². The van der Waals surface area contributed by atoms with E-state index in [0.717, 1.165) is 5.76 Å². The van der Waals surface area contributed by atoms with E-state index in [1.807, 2.05) is 20.8 Å².